The van der Waals surface area contributed by atoms with Crippen LogP contribution in [0.1, 0.15) is 40.7 Å². The predicted octanol–water partition coefficient (Wildman–Crippen LogP) is 3.54. The Hall–Kier alpha value is -1.02. The number of amides is 1. The lowest BCUT2D eigenvalue weighted by atomic mass is 9.99. The van der Waals surface area contributed by atoms with Crippen LogP contribution in [0.25, 0.3) is 0 Å². The fourth-order valence-corrected chi connectivity index (χ4v) is 2.96. The Morgan fingerprint density at radius 3 is 2.83 bits per heavy atom. The van der Waals surface area contributed by atoms with Crippen molar-refractivity contribution in [3.63, 3.8) is 0 Å². The van der Waals surface area contributed by atoms with Crippen LogP contribution in [-0.2, 0) is 0 Å². The van der Waals surface area contributed by atoms with E-state index in [1.165, 1.54) is 12.0 Å². The quantitative estimate of drug-likeness (QED) is 0.749. The topological polar surface area (TPSA) is 20.3 Å². The first-order chi connectivity index (χ1) is 8.63. The van der Waals surface area contributed by atoms with Crippen molar-refractivity contribution in [2.75, 3.05) is 12.4 Å². The maximum Gasteiger partial charge on any atom is 0.254 e. The fourth-order valence-electron chi connectivity index (χ4n) is 2.64. The molecule has 1 heterocycles. The maximum atomic E-state index is 12.6. The largest absolute Gasteiger partial charge is 0.334 e. The van der Waals surface area contributed by atoms with Gasteiger partial charge in [0.25, 0.3) is 5.91 Å². The zero-order valence-corrected chi connectivity index (χ0v) is 11.8. The third kappa shape index (κ3) is 2.69. The second-order valence-corrected chi connectivity index (χ2v) is 5.43. The average molecular weight is 266 g/mol. The fraction of sp³-hybridized carbons (Fsp3) is 0.533. The normalized spacial score (nSPS) is 19.9. The number of carbonyl (C=O) groups is 1. The molecule has 0 bridgehead atoms. The van der Waals surface area contributed by atoms with Gasteiger partial charge in [-0.2, -0.15) is 0 Å². The van der Waals surface area contributed by atoms with Gasteiger partial charge in [-0.3, -0.25) is 4.79 Å². The molecule has 0 N–H and O–H groups in total. The monoisotopic (exact) mass is 265 g/mol. The number of hydrogen-bond acceptors (Lipinski definition) is 1. The van der Waals surface area contributed by atoms with E-state index >= 15 is 0 Å². The predicted molar refractivity (Wildman–Crippen MR) is 75.3 cm³/mol. The standard InChI is InChI=1S/C15H20ClNO/c1-11-6-7-14(12(2)9-11)15(18)17-8-4-3-5-13(17)10-16/h6-7,9,13H,3-5,8,10H2,1-2H3. The molecule has 1 aromatic carbocycles. The molecule has 1 amide bonds. The van der Waals surface area contributed by atoms with Crippen molar-refractivity contribution in [2.45, 2.75) is 39.2 Å². The van der Waals surface area contributed by atoms with Crippen LogP contribution in [0.5, 0.6) is 0 Å². The first-order valence-corrected chi connectivity index (χ1v) is 7.11. The Morgan fingerprint density at radius 1 is 1.39 bits per heavy atom. The van der Waals surface area contributed by atoms with E-state index in [0.29, 0.717) is 5.88 Å². The summed E-state index contributed by atoms with van der Waals surface area (Å²) < 4.78 is 0. The molecule has 1 aromatic rings. The molecule has 2 nitrogen and oxygen atoms in total. The van der Waals surface area contributed by atoms with E-state index in [9.17, 15) is 4.79 Å². The lowest BCUT2D eigenvalue weighted by molar-refractivity contribution is 0.0638. The summed E-state index contributed by atoms with van der Waals surface area (Å²) in [7, 11) is 0. The molecular formula is C15H20ClNO. The van der Waals surface area contributed by atoms with Crippen LogP contribution in [0.4, 0.5) is 0 Å². The number of aryl methyl sites for hydroxylation is 2. The maximum absolute atomic E-state index is 12.6. The van der Waals surface area contributed by atoms with E-state index in [-0.39, 0.29) is 11.9 Å². The van der Waals surface area contributed by atoms with Gasteiger partial charge >= 0.3 is 0 Å². The van der Waals surface area contributed by atoms with E-state index in [2.05, 4.69) is 6.07 Å². The summed E-state index contributed by atoms with van der Waals surface area (Å²) in [5, 5.41) is 0. The lowest BCUT2D eigenvalue weighted by Crippen LogP contribution is -2.44. The van der Waals surface area contributed by atoms with Crippen LogP contribution in [0.2, 0.25) is 0 Å². The SMILES string of the molecule is Cc1ccc(C(=O)N2CCCCC2CCl)c(C)c1. The molecule has 1 saturated heterocycles. The Morgan fingerprint density at radius 2 is 2.17 bits per heavy atom. The highest BCUT2D eigenvalue weighted by molar-refractivity contribution is 6.18. The van der Waals surface area contributed by atoms with Gasteiger partial charge in [0.15, 0.2) is 0 Å². The van der Waals surface area contributed by atoms with E-state index in [1.807, 2.05) is 30.9 Å². The smallest absolute Gasteiger partial charge is 0.254 e. The van der Waals surface area contributed by atoms with Crippen molar-refractivity contribution < 1.29 is 4.79 Å². The second-order valence-electron chi connectivity index (χ2n) is 5.12. The van der Waals surface area contributed by atoms with Crippen molar-refractivity contribution >= 4 is 17.5 Å². The molecule has 3 heteroatoms. The number of benzene rings is 1. The molecule has 0 saturated carbocycles. The number of halogens is 1. The van der Waals surface area contributed by atoms with Gasteiger partial charge in [-0.25, -0.2) is 0 Å². The van der Waals surface area contributed by atoms with Gasteiger partial charge < -0.3 is 4.90 Å². The number of carbonyl (C=O) groups excluding carboxylic acids is 1. The minimum absolute atomic E-state index is 0.137. The van der Waals surface area contributed by atoms with Crippen molar-refractivity contribution in [3.05, 3.63) is 34.9 Å². The number of hydrogen-bond donors (Lipinski definition) is 0. The minimum Gasteiger partial charge on any atom is -0.334 e. The minimum atomic E-state index is 0.137. The highest BCUT2D eigenvalue weighted by Crippen LogP contribution is 2.22. The molecule has 1 fully saturated rings. The van der Waals surface area contributed by atoms with Crippen molar-refractivity contribution in [1.29, 1.82) is 0 Å². The number of nitrogens with zero attached hydrogens (tertiary/aromatic N) is 1. The number of piperidine rings is 1. The van der Waals surface area contributed by atoms with Crippen LogP contribution in [-0.4, -0.2) is 29.3 Å². The Bertz CT molecular complexity index is 444. The lowest BCUT2D eigenvalue weighted by Gasteiger charge is -2.35. The third-order valence-corrected chi connectivity index (χ3v) is 4.03. The van der Waals surface area contributed by atoms with Gasteiger partial charge in [0.05, 0.1) is 0 Å². The summed E-state index contributed by atoms with van der Waals surface area (Å²) in [6.07, 6.45) is 3.29. The summed E-state index contributed by atoms with van der Waals surface area (Å²) in [5.74, 6) is 0.675. The molecule has 2 rings (SSSR count). The molecule has 0 aromatic heterocycles. The molecule has 1 aliphatic rings. The molecule has 1 aliphatic heterocycles. The van der Waals surface area contributed by atoms with E-state index in [4.69, 9.17) is 11.6 Å². The molecule has 98 valence electrons. The Kier molecular flexibility index (Phi) is 4.28. The van der Waals surface area contributed by atoms with Gasteiger partial charge in [0.2, 0.25) is 0 Å². The van der Waals surface area contributed by atoms with Crippen LogP contribution in [0.3, 0.4) is 0 Å². The molecular weight excluding hydrogens is 246 g/mol. The van der Waals surface area contributed by atoms with Crippen LogP contribution < -0.4 is 0 Å². The zero-order valence-electron chi connectivity index (χ0n) is 11.1. The third-order valence-electron chi connectivity index (χ3n) is 3.68. The molecule has 0 aliphatic carbocycles. The molecule has 1 unspecified atom stereocenters. The van der Waals surface area contributed by atoms with Gasteiger partial charge in [-0.15, -0.1) is 11.6 Å². The second kappa shape index (κ2) is 5.75. The Balaban J connectivity index is 2.24. The summed E-state index contributed by atoms with van der Waals surface area (Å²) in [6, 6.07) is 6.20. The van der Waals surface area contributed by atoms with Crippen LogP contribution in [0.15, 0.2) is 18.2 Å². The summed E-state index contributed by atoms with van der Waals surface area (Å²) >= 11 is 5.98. The van der Waals surface area contributed by atoms with Gasteiger partial charge in [0.1, 0.15) is 0 Å². The van der Waals surface area contributed by atoms with Gasteiger partial charge in [-0.05, 0) is 44.7 Å². The molecule has 0 radical (unpaired) electrons. The van der Waals surface area contributed by atoms with E-state index in [1.54, 1.807) is 0 Å². The van der Waals surface area contributed by atoms with Crippen LogP contribution in [0, 0.1) is 13.8 Å². The average Bonchev–Trinajstić information content (AvgIpc) is 2.38. The van der Waals surface area contributed by atoms with Crippen molar-refractivity contribution in [1.82, 2.24) is 4.90 Å². The van der Waals surface area contributed by atoms with E-state index in [0.717, 1.165) is 30.5 Å². The number of alkyl halides is 1. The van der Waals surface area contributed by atoms with E-state index < -0.39 is 0 Å². The summed E-state index contributed by atoms with van der Waals surface area (Å²) in [6.45, 7) is 4.88. The zero-order chi connectivity index (χ0) is 13.1. The van der Waals surface area contributed by atoms with Crippen molar-refractivity contribution in [2.24, 2.45) is 0 Å². The first-order valence-electron chi connectivity index (χ1n) is 6.57. The number of rotatable bonds is 2. The summed E-state index contributed by atoms with van der Waals surface area (Å²) in [4.78, 5) is 14.5. The Labute approximate surface area is 114 Å². The summed E-state index contributed by atoms with van der Waals surface area (Å²) in [5.41, 5.74) is 3.06. The molecule has 18 heavy (non-hydrogen) atoms. The van der Waals surface area contributed by atoms with Crippen molar-refractivity contribution in [3.8, 4) is 0 Å². The van der Waals surface area contributed by atoms with Gasteiger partial charge in [0, 0.05) is 24.0 Å². The van der Waals surface area contributed by atoms with Gasteiger partial charge in [-0.1, -0.05) is 17.7 Å². The molecule has 0 spiro atoms. The van der Waals surface area contributed by atoms with Crippen LogP contribution >= 0.6 is 11.6 Å². The molecule has 1 atom stereocenters. The number of likely N-dealkylation sites (tertiary alicyclic amines) is 1. The first kappa shape index (κ1) is 13.4. The highest BCUT2D eigenvalue weighted by atomic mass is 35.5. The highest BCUT2D eigenvalue weighted by Gasteiger charge is 2.27.